The van der Waals surface area contributed by atoms with Crippen LogP contribution in [-0.4, -0.2) is 193 Å². The number of carbonyl (C=O) groups is 1. The van der Waals surface area contributed by atoms with Crippen molar-refractivity contribution >= 4 is 5.91 Å². The molecule has 3 rings (SSSR count). The number of aliphatic hydroxyl groups excluding tert-OH is 11. The quantitative estimate of drug-likeness (QED) is 0.0199. The molecule has 115 heavy (non-hydrogen) atoms. The van der Waals surface area contributed by atoms with Gasteiger partial charge in [-0.2, -0.15) is 0 Å². The standard InChI is InChI=1S/C96H175NO18/c1-3-5-7-9-11-13-15-17-19-21-23-25-27-29-31-33-35-36-37-38-39-40-41-42-44-46-48-50-52-54-56-58-60-62-64-66-68-70-72-74-84(102)97-79(80(101)73-71-69-67-65-63-61-59-57-55-53-51-49-47-45-43-34-32-30-28-26-24-22-20-18-16-14-12-10-8-6-4-2)78-110-94-90(108)87(105)92(82(76-99)112-94)115-96-91(109)88(106)93(83(77-100)113-96)114-95-89(107)86(104)85(103)81(75-98)111-95/h5,7,11,13,17,19,23,25,29,31,35-36,79-83,85-96,98-101,103-109H,3-4,6,8-10,12,14-16,18,20-22,24,26-28,30,32-34,37-78H2,1-2H3,(H,97,102)/b7-5-,13-11-,19-17-,25-23-,31-29-,36-35-. The van der Waals surface area contributed by atoms with Crippen molar-refractivity contribution in [3.05, 3.63) is 72.9 Å². The third kappa shape index (κ3) is 53.0. The normalized spacial score (nSPS) is 24.9. The van der Waals surface area contributed by atoms with Crippen molar-refractivity contribution in [3.63, 3.8) is 0 Å². The second-order valence-corrected chi connectivity index (χ2v) is 33.8. The van der Waals surface area contributed by atoms with Crippen LogP contribution in [0.2, 0.25) is 0 Å². The number of unbranched alkanes of at least 4 members (excludes halogenated alkanes) is 50. The summed E-state index contributed by atoms with van der Waals surface area (Å²) in [4.78, 5) is 13.6. The van der Waals surface area contributed by atoms with Gasteiger partial charge in [0.05, 0.1) is 38.6 Å². The van der Waals surface area contributed by atoms with Crippen molar-refractivity contribution in [2.24, 2.45) is 0 Å². The van der Waals surface area contributed by atoms with Gasteiger partial charge in [-0.05, 0) is 64.2 Å². The van der Waals surface area contributed by atoms with E-state index in [1.165, 1.54) is 283 Å². The largest absolute Gasteiger partial charge is 0.394 e. The van der Waals surface area contributed by atoms with E-state index in [1.807, 2.05) is 0 Å². The molecule has 17 unspecified atom stereocenters. The van der Waals surface area contributed by atoms with Crippen LogP contribution in [0.5, 0.6) is 0 Å². The predicted octanol–water partition coefficient (Wildman–Crippen LogP) is 19.1. The first-order chi connectivity index (χ1) is 56.3. The minimum Gasteiger partial charge on any atom is -0.394 e. The van der Waals surface area contributed by atoms with E-state index in [9.17, 15) is 61.0 Å². The molecular weight excluding hydrogens is 1460 g/mol. The molecule has 0 aromatic carbocycles. The first-order valence-corrected chi connectivity index (χ1v) is 47.7. The summed E-state index contributed by atoms with van der Waals surface area (Å²) in [5.74, 6) is -0.236. The monoisotopic (exact) mass is 1630 g/mol. The summed E-state index contributed by atoms with van der Waals surface area (Å²) in [6.45, 7) is 1.75. The number of aliphatic hydroxyl groups is 11. The maximum Gasteiger partial charge on any atom is 0.220 e. The first kappa shape index (κ1) is 106. The van der Waals surface area contributed by atoms with Crippen molar-refractivity contribution in [1.29, 1.82) is 0 Å². The summed E-state index contributed by atoms with van der Waals surface area (Å²) in [6.07, 6.45) is 74.5. The Morgan fingerprint density at radius 3 is 0.939 bits per heavy atom. The Labute approximate surface area is 699 Å². The van der Waals surface area contributed by atoms with Gasteiger partial charge in [0.15, 0.2) is 18.9 Å². The second-order valence-electron chi connectivity index (χ2n) is 33.8. The third-order valence-corrected chi connectivity index (χ3v) is 23.5. The van der Waals surface area contributed by atoms with Crippen molar-refractivity contribution in [3.8, 4) is 0 Å². The van der Waals surface area contributed by atoms with E-state index in [2.05, 4.69) is 92.1 Å². The van der Waals surface area contributed by atoms with Crippen LogP contribution in [0.3, 0.4) is 0 Å². The maximum atomic E-state index is 13.6. The second kappa shape index (κ2) is 75.0. The van der Waals surface area contributed by atoms with Crippen LogP contribution in [0.15, 0.2) is 72.9 Å². The fourth-order valence-electron chi connectivity index (χ4n) is 16.0. The van der Waals surface area contributed by atoms with Gasteiger partial charge in [-0.1, -0.05) is 401 Å². The molecule has 19 nitrogen and oxygen atoms in total. The Morgan fingerprint density at radius 1 is 0.322 bits per heavy atom. The molecule has 19 heteroatoms. The molecule has 0 saturated carbocycles. The van der Waals surface area contributed by atoms with Crippen molar-refractivity contribution in [2.45, 2.75) is 503 Å². The van der Waals surface area contributed by atoms with Gasteiger partial charge in [-0.3, -0.25) is 4.79 Å². The average molecular weight is 1630 g/mol. The molecule has 0 aliphatic carbocycles. The zero-order valence-corrected chi connectivity index (χ0v) is 72.8. The summed E-state index contributed by atoms with van der Waals surface area (Å²) in [7, 11) is 0. The van der Waals surface area contributed by atoms with E-state index in [4.69, 9.17) is 28.4 Å². The van der Waals surface area contributed by atoms with Crippen LogP contribution in [0.4, 0.5) is 0 Å². The van der Waals surface area contributed by atoms with E-state index in [0.29, 0.717) is 12.8 Å². The Kier molecular flexibility index (Phi) is 69.4. The molecule has 17 atom stereocenters. The van der Waals surface area contributed by atoms with Crippen molar-refractivity contribution in [1.82, 2.24) is 5.32 Å². The minimum absolute atomic E-state index is 0.236. The minimum atomic E-state index is -1.97. The highest BCUT2D eigenvalue weighted by atomic mass is 16.8. The molecule has 0 aromatic heterocycles. The van der Waals surface area contributed by atoms with Crippen LogP contribution >= 0.6 is 0 Å². The summed E-state index contributed by atoms with van der Waals surface area (Å²) >= 11 is 0. The van der Waals surface area contributed by atoms with Crippen LogP contribution < -0.4 is 5.32 Å². The number of hydrogen-bond donors (Lipinski definition) is 12. The molecule has 3 saturated heterocycles. The average Bonchev–Trinajstić information content (AvgIpc) is 0.779. The number of carbonyl (C=O) groups excluding carboxylic acids is 1. The van der Waals surface area contributed by atoms with Gasteiger partial charge in [0.1, 0.15) is 73.2 Å². The summed E-state index contributed by atoms with van der Waals surface area (Å²) in [6, 6.07) is -0.891. The lowest BCUT2D eigenvalue weighted by Gasteiger charge is -2.48. The molecule has 0 bridgehead atoms. The molecule has 3 heterocycles. The lowest BCUT2D eigenvalue weighted by molar-refractivity contribution is -0.379. The van der Waals surface area contributed by atoms with E-state index in [1.54, 1.807) is 0 Å². The number of amides is 1. The predicted molar refractivity (Wildman–Crippen MR) is 466 cm³/mol. The van der Waals surface area contributed by atoms with Crippen molar-refractivity contribution in [2.75, 3.05) is 26.4 Å². The number of rotatable bonds is 78. The molecule has 3 aliphatic heterocycles. The van der Waals surface area contributed by atoms with Crippen LogP contribution in [0, 0.1) is 0 Å². The molecule has 3 aliphatic rings. The third-order valence-electron chi connectivity index (χ3n) is 23.5. The maximum absolute atomic E-state index is 13.6. The number of hydrogen-bond acceptors (Lipinski definition) is 18. The Balaban J connectivity index is 1.29. The summed E-state index contributed by atoms with van der Waals surface area (Å²) < 4.78 is 34.6. The molecule has 0 aromatic rings. The van der Waals surface area contributed by atoms with E-state index >= 15 is 0 Å². The highest BCUT2D eigenvalue weighted by molar-refractivity contribution is 5.76. The van der Waals surface area contributed by atoms with Gasteiger partial charge >= 0.3 is 0 Å². The first-order valence-electron chi connectivity index (χ1n) is 47.7. The molecule has 0 spiro atoms. The summed E-state index contributed by atoms with van der Waals surface area (Å²) in [5, 5.41) is 122. The topological polar surface area (TPSA) is 307 Å². The lowest BCUT2D eigenvalue weighted by atomic mass is 9.96. The highest BCUT2D eigenvalue weighted by Gasteiger charge is 2.54. The van der Waals surface area contributed by atoms with Gasteiger partial charge in [0.25, 0.3) is 0 Å². The van der Waals surface area contributed by atoms with Crippen molar-refractivity contribution < 1.29 is 89.4 Å². The fourth-order valence-corrected chi connectivity index (χ4v) is 16.0. The molecule has 672 valence electrons. The smallest absolute Gasteiger partial charge is 0.220 e. The van der Waals surface area contributed by atoms with Gasteiger partial charge in [0.2, 0.25) is 5.91 Å². The SMILES string of the molecule is CC/C=C\C/C=C\C/C=C\C/C=C\C/C=C\C/C=C\CCCCCCCCCCCCCCCCCCCCCCC(=O)NC(COC1OC(CO)C(OC2OC(CO)C(OC3OC(CO)C(O)C(O)C3O)C(O)C2O)C(O)C1O)C(O)CCCCCCCCCCCCCCCCCCCCCCCCCCCCCCCCC. The Morgan fingerprint density at radius 2 is 0.600 bits per heavy atom. The molecule has 12 N–H and O–H groups in total. The number of ether oxygens (including phenoxy) is 6. The van der Waals surface area contributed by atoms with Gasteiger partial charge < -0.3 is 89.9 Å². The number of allylic oxidation sites excluding steroid dienone is 12. The van der Waals surface area contributed by atoms with E-state index < -0.39 is 124 Å². The molecule has 0 radical (unpaired) electrons. The molecule has 1 amide bonds. The number of nitrogens with one attached hydrogen (secondary N) is 1. The Hall–Kier alpha value is -2.77. The van der Waals surface area contributed by atoms with Crippen LogP contribution in [0.1, 0.15) is 399 Å². The van der Waals surface area contributed by atoms with E-state index in [0.717, 1.165) is 83.5 Å². The van der Waals surface area contributed by atoms with E-state index in [-0.39, 0.29) is 18.9 Å². The Bertz CT molecular complexity index is 2350. The molecular formula is C96H175NO18. The van der Waals surface area contributed by atoms with Gasteiger partial charge in [-0.25, -0.2) is 0 Å². The zero-order chi connectivity index (χ0) is 83.1. The highest BCUT2D eigenvalue weighted by Crippen LogP contribution is 2.34. The lowest BCUT2D eigenvalue weighted by Crippen LogP contribution is -2.66. The van der Waals surface area contributed by atoms with Gasteiger partial charge in [-0.15, -0.1) is 0 Å². The zero-order valence-electron chi connectivity index (χ0n) is 72.8. The fraction of sp³-hybridized carbons (Fsp3) is 0.865. The molecule has 3 fully saturated rings. The van der Waals surface area contributed by atoms with Crippen LogP contribution in [0.25, 0.3) is 0 Å². The van der Waals surface area contributed by atoms with Gasteiger partial charge in [0, 0.05) is 6.42 Å². The van der Waals surface area contributed by atoms with Crippen LogP contribution in [-0.2, 0) is 33.2 Å². The summed E-state index contributed by atoms with van der Waals surface area (Å²) in [5.41, 5.74) is 0.